The minimum absolute atomic E-state index is 0.0421. The lowest BCUT2D eigenvalue weighted by atomic mass is 9.87. The normalized spacial score (nSPS) is 13.4. The van der Waals surface area contributed by atoms with Gasteiger partial charge in [0, 0.05) is 22.2 Å². The molecular formula is C15H26N2OS. The highest BCUT2D eigenvalue weighted by molar-refractivity contribution is 7.12. The van der Waals surface area contributed by atoms with E-state index in [0.717, 1.165) is 6.42 Å². The maximum Gasteiger partial charge on any atom is 0.221 e. The first-order chi connectivity index (χ1) is 8.67. The fraction of sp³-hybridized carbons (Fsp3) is 0.667. The van der Waals surface area contributed by atoms with Gasteiger partial charge in [-0.15, -0.1) is 11.3 Å². The van der Waals surface area contributed by atoms with Gasteiger partial charge < -0.3 is 11.1 Å². The maximum absolute atomic E-state index is 11.8. The van der Waals surface area contributed by atoms with Crippen LogP contribution >= 0.6 is 11.3 Å². The Bertz CT molecular complexity index is 412. The summed E-state index contributed by atoms with van der Waals surface area (Å²) in [5.74, 6) is 0.0421. The SMILES string of the molecule is Cc1cc(CNC(=O)CC(N)CC(C)(C)C)sc1C. The molecule has 1 atom stereocenters. The Hall–Kier alpha value is -0.870. The van der Waals surface area contributed by atoms with Crippen molar-refractivity contribution in [1.82, 2.24) is 5.32 Å². The predicted molar refractivity (Wildman–Crippen MR) is 82.3 cm³/mol. The number of amides is 1. The molecule has 0 aliphatic rings. The molecule has 19 heavy (non-hydrogen) atoms. The lowest BCUT2D eigenvalue weighted by molar-refractivity contribution is -0.121. The standard InChI is InChI=1S/C15H26N2OS/c1-10-6-13(19-11(10)2)9-17-14(18)7-12(16)8-15(3,4)5/h6,12H,7-9,16H2,1-5H3,(H,17,18). The predicted octanol–water partition coefficient (Wildman–Crippen LogP) is 3.13. The molecule has 0 radical (unpaired) electrons. The molecule has 0 aliphatic heterocycles. The highest BCUT2D eigenvalue weighted by Gasteiger charge is 2.18. The largest absolute Gasteiger partial charge is 0.351 e. The van der Waals surface area contributed by atoms with Gasteiger partial charge in [0.1, 0.15) is 0 Å². The number of hydrogen-bond donors (Lipinski definition) is 2. The number of carbonyl (C=O) groups is 1. The van der Waals surface area contributed by atoms with Crippen molar-refractivity contribution < 1.29 is 4.79 Å². The molecule has 4 heteroatoms. The van der Waals surface area contributed by atoms with Crippen molar-refractivity contribution in [2.75, 3.05) is 0 Å². The molecule has 1 aromatic rings. The third kappa shape index (κ3) is 6.21. The Morgan fingerprint density at radius 2 is 2.05 bits per heavy atom. The Morgan fingerprint density at radius 1 is 1.42 bits per heavy atom. The fourth-order valence-electron chi connectivity index (χ4n) is 2.09. The second kappa shape index (κ2) is 6.53. The molecule has 1 aromatic heterocycles. The molecular weight excluding hydrogens is 256 g/mol. The summed E-state index contributed by atoms with van der Waals surface area (Å²) >= 11 is 1.74. The van der Waals surface area contributed by atoms with Crippen LogP contribution in [0.2, 0.25) is 0 Å². The zero-order valence-electron chi connectivity index (χ0n) is 12.7. The third-order valence-corrected chi connectivity index (χ3v) is 4.15. The number of nitrogens with two attached hydrogens (primary N) is 1. The smallest absolute Gasteiger partial charge is 0.221 e. The summed E-state index contributed by atoms with van der Waals surface area (Å²) in [6.45, 7) is 11.2. The number of hydrogen-bond acceptors (Lipinski definition) is 3. The van der Waals surface area contributed by atoms with E-state index in [-0.39, 0.29) is 17.4 Å². The molecule has 0 spiro atoms. The summed E-state index contributed by atoms with van der Waals surface area (Å²) in [6, 6.07) is 2.07. The van der Waals surface area contributed by atoms with Gasteiger partial charge in [0.05, 0.1) is 6.54 Å². The van der Waals surface area contributed by atoms with E-state index in [1.165, 1.54) is 15.3 Å². The van der Waals surface area contributed by atoms with Crippen LogP contribution in [0, 0.1) is 19.3 Å². The second-order valence-electron chi connectivity index (χ2n) is 6.46. The van der Waals surface area contributed by atoms with Crippen LogP contribution in [0.3, 0.4) is 0 Å². The molecule has 1 unspecified atom stereocenters. The number of aryl methyl sites for hydroxylation is 2. The van der Waals surface area contributed by atoms with E-state index in [2.05, 4.69) is 46.0 Å². The first kappa shape index (κ1) is 16.2. The van der Waals surface area contributed by atoms with Gasteiger partial charge in [0.25, 0.3) is 0 Å². The van der Waals surface area contributed by atoms with Gasteiger partial charge in [-0.2, -0.15) is 0 Å². The second-order valence-corrected chi connectivity index (χ2v) is 7.80. The molecule has 1 amide bonds. The van der Waals surface area contributed by atoms with Gasteiger partial charge in [-0.1, -0.05) is 20.8 Å². The molecule has 0 bridgehead atoms. The summed E-state index contributed by atoms with van der Waals surface area (Å²) in [6.07, 6.45) is 1.26. The molecule has 1 heterocycles. The minimum atomic E-state index is -0.0631. The number of nitrogens with one attached hydrogen (secondary N) is 1. The molecule has 3 nitrogen and oxygen atoms in total. The van der Waals surface area contributed by atoms with Crippen LogP contribution in [0.25, 0.3) is 0 Å². The lowest BCUT2D eigenvalue weighted by Gasteiger charge is -2.22. The monoisotopic (exact) mass is 282 g/mol. The van der Waals surface area contributed by atoms with Gasteiger partial charge in [0.15, 0.2) is 0 Å². The van der Waals surface area contributed by atoms with Crippen LogP contribution in [0.15, 0.2) is 6.07 Å². The molecule has 0 aliphatic carbocycles. The van der Waals surface area contributed by atoms with Crippen molar-refractivity contribution in [3.8, 4) is 0 Å². The molecule has 0 saturated heterocycles. The Labute approximate surface area is 120 Å². The van der Waals surface area contributed by atoms with Gasteiger partial charge in [-0.05, 0) is 37.3 Å². The van der Waals surface area contributed by atoms with Crippen molar-refractivity contribution in [3.63, 3.8) is 0 Å². The topological polar surface area (TPSA) is 55.1 Å². The third-order valence-electron chi connectivity index (χ3n) is 3.00. The van der Waals surface area contributed by atoms with Crippen molar-refractivity contribution in [2.45, 2.75) is 60.0 Å². The summed E-state index contributed by atoms with van der Waals surface area (Å²) in [4.78, 5) is 14.3. The Kier molecular flexibility index (Phi) is 5.56. The summed E-state index contributed by atoms with van der Waals surface area (Å²) in [5, 5.41) is 2.95. The number of thiophene rings is 1. The molecule has 0 saturated carbocycles. The summed E-state index contributed by atoms with van der Waals surface area (Å²) in [5.41, 5.74) is 7.46. The zero-order valence-corrected chi connectivity index (χ0v) is 13.5. The van der Waals surface area contributed by atoms with Gasteiger partial charge in [0.2, 0.25) is 5.91 Å². The number of carbonyl (C=O) groups excluding carboxylic acids is 1. The van der Waals surface area contributed by atoms with E-state index in [9.17, 15) is 4.79 Å². The maximum atomic E-state index is 11.8. The molecule has 108 valence electrons. The summed E-state index contributed by atoms with van der Waals surface area (Å²) in [7, 11) is 0. The van der Waals surface area contributed by atoms with Crippen LogP contribution in [0.4, 0.5) is 0 Å². The van der Waals surface area contributed by atoms with E-state index in [0.29, 0.717) is 13.0 Å². The van der Waals surface area contributed by atoms with Crippen molar-refractivity contribution in [1.29, 1.82) is 0 Å². The van der Waals surface area contributed by atoms with E-state index < -0.39 is 0 Å². The van der Waals surface area contributed by atoms with Crippen molar-refractivity contribution in [2.24, 2.45) is 11.1 Å². The molecule has 1 rings (SSSR count). The molecule has 0 fully saturated rings. The van der Waals surface area contributed by atoms with Crippen LogP contribution in [0.5, 0.6) is 0 Å². The molecule has 0 aromatic carbocycles. The van der Waals surface area contributed by atoms with E-state index >= 15 is 0 Å². The Morgan fingerprint density at radius 3 is 2.53 bits per heavy atom. The highest BCUT2D eigenvalue weighted by Crippen LogP contribution is 2.22. The van der Waals surface area contributed by atoms with Crippen molar-refractivity contribution in [3.05, 3.63) is 21.4 Å². The lowest BCUT2D eigenvalue weighted by Crippen LogP contribution is -2.33. The Balaban J connectivity index is 2.35. The average Bonchev–Trinajstić information content (AvgIpc) is 2.52. The van der Waals surface area contributed by atoms with E-state index in [4.69, 9.17) is 5.73 Å². The van der Waals surface area contributed by atoms with E-state index in [1.54, 1.807) is 11.3 Å². The number of rotatable bonds is 5. The quantitative estimate of drug-likeness (QED) is 0.871. The zero-order chi connectivity index (χ0) is 14.6. The first-order valence-corrected chi connectivity index (χ1v) is 7.57. The van der Waals surface area contributed by atoms with Gasteiger partial charge in [-0.3, -0.25) is 4.79 Å². The molecule has 3 N–H and O–H groups in total. The first-order valence-electron chi connectivity index (χ1n) is 6.75. The van der Waals surface area contributed by atoms with Crippen LogP contribution in [-0.4, -0.2) is 11.9 Å². The van der Waals surface area contributed by atoms with Gasteiger partial charge in [-0.25, -0.2) is 0 Å². The van der Waals surface area contributed by atoms with Crippen LogP contribution in [-0.2, 0) is 11.3 Å². The average molecular weight is 282 g/mol. The minimum Gasteiger partial charge on any atom is -0.351 e. The highest BCUT2D eigenvalue weighted by atomic mass is 32.1. The van der Waals surface area contributed by atoms with Crippen LogP contribution in [0.1, 0.15) is 48.9 Å². The van der Waals surface area contributed by atoms with Gasteiger partial charge >= 0.3 is 0 Å². The fourth-order valence-corrected chi connectivity index (χ4v) is 3.08. The van der Waals surface area contributed by atoms with E-state index in [1.807, 2.05) is 0 Å². The summed E-state index contributed by atoms with van der Waals surface area (Å²) < 4.78 is 0. The van der Waals surface area contributed by atoms with Crippen LogP contribution < -0.4 is 11.1 Å². The van der Waals surface area contributed by atoms with Crippen molar-refractivity contribution >= 4 is 17.2 Å².